The van der Waals surface area contributed by atoms with Gasteiger partial charge in [-0.15, -0.1) is 0 Å². The molecule has 0 heterocycles. The highest BCUT2D eigenvalue weighted by atomic mass is 32.2. The molecule has 0 saturated heterocycles. The molecule has 6 heteroatoms. The smallest absolute Gasteiger partial charge is 0.215 e. The van der Waals surface area contributed by atoms with Crippen molar-refractivity contribution < 1.29 is 8.42 Å². The zero-order valence-corrected chi connectivity index (χ0v) is 12.2. The Morgan fingerprint density at radius 1 is 1.05 bits per heavy atom. The zero-order valence-electron chi connectivity index (χ0n) is 11.4. The first-order valence-corrected chi connectivity index (χ1v) is 8.90. The van der Waals surface area contributed by atoms with Gasteiger partial charge in [-0.2, -0.15) is 0 Å². The Hall–Kier alpha value is -0.620. The molecule has 0 aromatic rings. The molecular formula is C13H25N3O2S. The predicted molar refractivity (Wildman–Crippen MR) is 76.6 cm³/mol. The van der Waals surface area contributed by atoms with E-state index in [2.05, 4.69) is 4.72 Å². The Labute approximate surface area is 115 Å². The Balaban J connectivity index is 2.05. The fourth-order valence-electron chi connectivity index (χ4n) is 3.35. The largest absolute Gasteiger partial charge is 0.386 e. The highest BCUT2D eigenvalue weighted by Crippen LogP contribution is 2.29. The first-order chi connectivity index (χ1) is 9.00. The Morgan fingerprint density at radius 3 is 2.11 bits per heavy atom. The molecule has 110 valence electrons. The maximum absolute atomic E-state index is 12.3. The maximum Gasteiger partial charge on any atom is 0.215 e. The lowest BCUT2D eigenvalue weighted by molar-refractivity contribution is 0.328. The number of amidine groups is 1. The Morgan fingerprint density at radius 2 is 1.58 bits per heavy atom. The molecule has 19 heavy (non-hydrogen) atoms. The number of nitrogens with one attached hydrogen (secondary N) is 2. The molecular weight excluding hydrogens is 262 g/mol. The van der Waals surface area contributed by atoms with Crippen molar-refractivity contribution in [3.8, 4) is 0 Å². The van der Waals surface area contributed by atoms with Gasteiger partial charge in [0.25, 0.3) is 0 Å². The molecule has 0 radical (unpaired) electrons. The lowest BCUT2D eigenvalue weighted by atomic mass is 9.84. The Bertz CT molecular complexity index is 410. The van der Waals surface area contributed by atoms with Crippen LogP contribution in [-0.4, -0.2) is 25.5 Å². The van der Waals surface area contributed by atoms with Gasteiger partial charge < -0.3 is 5.73 Å². The summed E-state index contributed by atoms with van der Waals surface area (Å²) in [6.45, 7) is 0. The molecule has 2 aliphatic rings. The second-order valence-electron chi connectivity index (χ2n) is 5.90. The van der Waals surface area contributed by atoms with Gasteiger partial charge in [0.15, 0.2) is 0 Å². The minimum Gasteiger partial charge on any atom is -0.386 e. The van der Waals surface area contributed by atoms with E-state index >= 15 is 0 Å². The lowest BCUT2D eigenvalue weighted by Gasteiger charge is -2.30. The summed E-state index contributed by atoms with van der Waals surface area (Å²) in [7, 11) is -3.32. The summed E-state index contributed by atoms with van der Waals surface area (Å²) in [5.41, 5.74) is 5.63. The van der Waals surface area contributed by atoms with E-state index < -0.39 is 16.1 Å². The fourth-order valence-corrected chi connectivity index (χ4v) is 5.17. The van der Waals surface area contributed by atoms with Crippen molar-refractivity contribution in [2.24, 2.45) is 11.7 Å². The van der Waals surface area contributed by atoms with Gasteiger partial charge in [-0.3, -0.25) is 5.41 Å². The minimum absolute atomic E-state index is 0.0338. The van der Waals surface area contributed by atoms with Crippen LogP contribution in [0, 0.1) is 11.3 Å². The molecule has 5 nitrogen and oxygen atoms in total. The molecule has 4 N–H and O–H groups in total. The van der Waals surface area contributed by atoms with Crippen molar-refractivity contribution in [3.05, 3.63) is 0 Å². The van der Waals surface area contributed by atoms with E-state index in [-0.39, 0.29) is 17.0 Å². The molecule has 2 saturated carbocycles. The molecule has 0 bridgehead atoms. The van der Waals surface area contributed by atoms with Crippen LogP contribution >= 0.6 is 0 Å². The molecule has 0 aromatic heterocycles. The van der Waals surface area contributed by atoms with Crippen LogP contribution in [0.15, 0.2) is 0 Å². The monoisotopic (exact) mass is 287 g/mol. The summed E-state index contributed by atoms with van der Waals surface area (Å²) in [5, 5.41) is 7.41. The average molecular weight is 287 g/mol. The van der Waals surface area contributed by atoms with Crippen LogP contribution in [0.3, 0.4) is 0 Å². The summed E-state index contributed by atoms with van der Waals surface area (Å²) in [5.74, 6) is 0.163. The third-order valence-electron chi connectivity index (χ3n) is 4.49. The van der Waals surface area contributed by atoms with E-state index in [0.717, 1.165) is 51.4 Å². The van der Waals surface area contributed by atoms with Gasteiger partial charge >= 0.3 is 0 Å². The first-order valence-electron chi connectivity index (χ1n) is 7.36. The SMILES string of the molecule is N=C(N)C(NS(=O)(=O)C1CCCC1)C1CCCCC1. The zero-order chi connectivity index (χ0) is 13.9. The minimum atomic E-state index is -3.32. The van der Waals surface area contributed by atoms with Gasteiger partial charge in [-0.25, -0.2) is 13.1 Å². The van der Waals surface area contributed by atoms with Crippen molar-refractivity contribution in [2.45, 2.75) is 69.1 Å². The fraction of sp³-hybridized carbons (Fsp3) is 0.923. The van der Waals surface area contributed by atoms with E-state index in [0.29, 0.717) is 0 Å². The average Bonchev–Trinajstić information content (AvgIpc) is 2.91. The topological polar surface area (TPSA) is 96.0 Å². The van der Waals surface area contributed by atoms with E-state index in [9.17, 15) is 8.42 Å². The van der Waals surface area contributed by atoms with E-state index in [1.807, 2.05) is 0 Å². The molecule has 0 spiro atoms. The van der Waals surface area contributed by atoms with Crippen LogP contribution in [0.25, 0.3) is 0 Å². The predicted octanol–water partition coefficient (Wildman–Crippen LogP) is 1.73. The summed E-state index contributed by atoms with van der Waals surface area (Å²) in [6.07, 6.45) is 8.82. The van der Waals surface area contributed by atoms with E-state index in [1.165, 1.54) is 6.42 Å². The van der Waals surface area contributed by atoms with E-state index in [1.54, 1.807) is 0 Å². The van der Waals surface area contributed by atoms with E-state index in [4.69, 9.17) is 11.1 Å². The van der Waals surface area contributed by atoms with Crippen molar-refractivity contribution >= 4 is 15.9 Å². The normalized spacial score (nSPS) is 24.4. The maximum atomic E-state index is 12.3. The van der Waals surface area contributed by atoms with Gasteiger partial charge in [-0.05, 0) is 31.6 Å². The molecule has 1 atom stereocenters. The van der Waals surface area contributed by atoms with Gasteiger partial charge in [0.1, 0.15) is 5.84 Å². The van der Waals surface area contributed by atoms with Crippen LogP contribution in [0.4, 0.5) is 0 Å². The van der Waals surface area contributed by atoms with Crippen LogP contribution in [0.2, 0.25) is 0 Å². The summed E-state index contributed by atoms with van der Waals surface area (Å²) in [4.78, 5) is 0. The first kappa shape index (κ1) is 14.8. The van der Waals surface area contributed by atoms with Crippen LogP contribution in [0.1, 0.15) is 57.8 Å². The van der Waals surface area contributed by atoms with Gasteiger partial charge in [0.05, 0.1) is 11.3 Å². The van der Waals surface area contributed by atoms with Crippen LogP contribution < -0.4 is 10.5 Å². The standard InChI is InChI=1S/C13H25N3O2S/c14-13(15)12(10-6-2-1-3-7-10)16-19(17,18)11-8-4-5-9-11/h10-12,16H,1-9H2,(H3,14,15). The molecule has 2 aliphatic carbocycles. The van der Waals surface area contributed by atoms with Crippen molar-refractivity contribution in [1.29, 1.82) is 5.41 Å². The molecule has 0 aliphatic heterocycles. The number of rotatable bonds is 5. The number of nitrogens with two attached hydrogens (primary N) is 1. The lowest BCUT2D eigenvalue weighted by Crippen LogP contribution is -2.51. The molecule has 2 fully saturated rings. The third-order valence-corrected chi connectivity index (χ3v) is 6.42. The van der Waals surface area contributed by atoms with Gasteiger partial charge in [0.2, 0.25) is 10.0 Å². The van der Waals surface area contributed by atoms with Gasteiger partial charge in [0, 0.05) is 0 Å². The van der Waals surface area contributed by atoms with Crippen LogP contribution in [0.5, 0.6) is 0 Å². The van der Waals surface area contributed by atoms with Gasteiger partial charge in [-0.1, -0.05) is 32.1 Å². The molecule has 0 amide bonds. The molecule has 0 aromatic carbocycles. The number of hydrogen-bond acceptors (Lipinski definition) is 3. The van der Waals surface area contributed by atoms with Crippen molar-refractivity contribution in [1.82, 2.24) is 4.72 Å². The third kappa shape index (κ3) is 3.69. The highest BCUT2D eigenvalue weighted by Gasteiger charge is 2.34. The van der Waals surface area contributed by atoms with Crippen LogP contribution in [-0.2, 0) is 10.0 Å². The second-order valence-corrected chi connectivity index (χ2v) is 7.89. The summed E-state index contributed by atoms with van der Waals surface area (Å²) in [6, 6.07) is -0.495. The summed E-state index contributed by atoms with van der Waals surface area (Å²) >= 11 is 0. The second kappa shape index (κ2) is 6.22. The summed E-state index contributed by atoms with van der Waals surface area (Å²) < 4.78 is 27.4. The van der Waals surface area contributed by atoms with Crippen molar-refractivity contribution in [2.75, 3.05) is 0 Å². The molecule has 1 unspecified atom stereocenters. The molecule has 2 rings (SSSR count). The Kier molecular flexibility index (Phi) is 4.84. The highest BCUT2D eigenvalue weighted by molar-refractivity contribution is 7.90. The number of hydrogen-bond donors (Lipinski definition) is 3. The number of sulfonamides is 1. The van der Waals surface area contributed by atoms with Crippen molar-refractivity contribution in [3.63, 3.8) is 0 Å². The quantitative estimate of drug-likeness (QED) is 0.531.